The Labute approximate surface area is 166 Å². The van der Waals surface area contributed by atoms with Crippen LogP contribution in [0.2, 0.25) is 0 Å². The molecule has 1 aliphatic carbocycles. The van der Waals surface area contributed by atoms with Gasteiger partial charge in [-0.25, -0.2) is 0 Å². The molecule has 0 spiro atoms. The molecule has 28 heavy (non-hydrogen) atoms. The number of fused-ring (bicyclic) bond motifs is 1. The smallest absolute Gasteiger partial charge is 0.277 e. The third kappa shape index (κ3) is 4.95. The normalized spacial score (nSPS) is 13.1. The average Bonchev–Trinajstić information content (AvgIpc) is 3.41. The van der Waals surface area contributed by atoms with Crippen LogP contribution in [0.3, 0.4) is 0 Å². The van der Waals surface area contributed by atoms with E-state index in [1.807, 2.05) is 6.07 Å². The van der Waals surface area contributed by atoms with E-state index in [1.54, 1.807) is 18.4 Å². The lowest BCUT2D eigenvalue weighted by Gasteiger charge is -2.16. The molecule has 1 N–H and O–H groups in total. The van der Waals surface area contributed by atoms with Crippen LogP contribution in [-0.4, -0.2) is 21.9 Å². The quantitative estimate of drug-likeness (QED) is 0.580. The minimum atomic E-state index is -0.133. The number of thioether (sulfide) groups is 1. The SMILES string of the molecule is O=C(CSc1nnc(COc2ccc3c(c2)CCCC3)o1)NCc1ccco1. The van der Waals surface area contributed by atoms with E-state index in [0.717, 1.165) is 18.6 Å². The number of hydrogen-bond acceptors (Lipinski definition) is 7. The van der Waals surface area contributed by atoms with Gasteiger partial charge in [0, 0.05) is 0 Å². The monoisotopic (exact) mass is 399 g/mol. The van der Waals surface area contributed by atoms with Gasteiger partial charge < -0.3 is 18.9 Å². The van der Waals surface area contributed by atoms with Crippen LogP contribution in [0.5, 0.6) is 5.75 Å². The predicted octanol–water partition coefficient (Wildman–Crippen LogP) is 3.53. The molecule has 4 rings (SSSR count). The maximum absolute atomic E-state index is 11.9. The van der Waals surface area contributed by atoms with E-state index in [4.69, 9.17) is 13.6 Å². The summed E-state index contributed by atoms with van der Waals surface area (Å²) >= 11 is 1.19. The van der Waals surface area contributed by atoms with Crippen molar-refractivity contribution in [3.63, 3.8) is 0 Å². The van der Waals surface area contributed by atoms with Crippen LogP contribution < -0.4 is 10.1 Å². The Balaban J connectivity index is 1.22. The van der Waals surface area contributed by atoms with Gasteiger partial charge in [-0.05, 0) is 61.1 Å². The van der Waals surface area contributed by atoms with E-state index in [1.165, 1.54) is 35.7 Å². The minimum absolute atomic E-state index is 0.133. The van der Waals surface area contributed by atoms with Crippen LogP contribution in [-0.2, 0) is 30.8 Å². The first kappa shape index (κ1) is 18.6. The fraction of sp³-hybridized carbons (Fsp3) is 0.350. The summed E-state index contributed by atoms with van der Waals surface area (Å²) in [5, 5.41) is 11.0. The first-order valence-corrected chi connectivity index (χ1v) is 10.2. The molecule has 1 aromatic carbocycles. The number of ether oxygens (including phenoxy) is 1. The molecule has 0 bridgehead atoms. The van der Waals surface area contributed by atoms with Gasteiger partial charge in [0.15, 0.2) is 6.61 Å². The summed E-state index contributed by atoms with van der Waals surface area (Å²) in [6, 6.07) is 9.81. The van der Waals surface area contributed by atoms with Crippen molar-refractivity contribution < 1.29 is 18.4 Å². The number of carbonyl (C=O) groups is 1. The van der Waals surface area contributed by atoms with Crippen molar-refractivity contribution in [3.8, 4) is 5.75 Å². The van der Waals surface area contributed by atoms with Gasteiger partial charge in [0.1, 0.15) is 11.5 Å². The molecule has 1 amide bonds. The molecule has 0 saturated carbocycles. The standard InChI is InChI=1S/C20H21N3O4S/c24-18(21-11-17-6-3-9-25-17)13-28-20-23-22-19(27-20)12-26-16-8-7-14-4-1-2-5-15(14)10-16/h3,6-10H,1-2,4-5,11-13H2,(H,21,24). The number of rotatable bonds is 8. The van der Waals surface area contributed by atoms with Crippen LogP contribution in [0.15, 0.2) is 50.7 Å². The van der Waals surface area contributed by atoms with Crippen LogP contribution in [0, 0.1) is 0 Å². The highest BCUT2D eigenvalue weighted by atomic mass is 32.2. The fourth-order valence-corrected chi connectivity index (χ4v) is 3.69. The highest BCUT2D eigenvalue weighted by Crippen LogP contribution is 2.26. The summed E-state index contributed by atoms with van der Waals surface area (Å²) in [7, 11) is 0. The number of nitrogens with one attached hydrogen (secondary N) is 1. The Kier molecular flexibility index (Phi) is 5.96. The molecule has 2 heterocycles. The Morgan fingerprint density at radius 1 is 1.18 bits per heavy atom. The number of nitrogens with zero attached hydrogens (tertiary/aromatic N) is 2. The van der Waals surface area contributed by atoms with Crippen molar-refractivity contribution in [1.82, 2.24) is 15.5 Å². The Morgan fingerprint density at radius 3 is 2.93 bits per heavy atom. The molecule has 2 aromatic heterocycles. The molecule has 1 aliphatic rings. The summed E-state index contributed by atoms with van der Waals surface area (Å²) in [6.07, 6.45) is 6.32. The summed E-state index contributed by atoms with van der Waals surface area (Å²) in [6.45, 7) is 0.563. The van der Waals surface area contributed by atoms with Crippen molar-refractivity contribution in [3.05, 3.63) is 59.4 Å². The summed E-state index contributed by atoms with van der Waals surface area (Å²) < 4.78 is 16.5. The average molecular weight is 399 g/mol. The largest absolute Gasteiger partial charge is 0.484 e. The molecular weight excluding hydrogens is 378 g/mol. The lowest BCUT2D eigenvalue weighted by atomic mass is 9.92. The Morgan fingerprint density at radius 2 is 2.07 bits per heavy atom. The number of aromatic nitrogens is 2. The zero-order valence-corrected chi connectivity index (χ0v) is 16.2. The van der Waals surface area contributed by atoms with Crippen molar-refractivity contribution in [2.75, 3.05) is 5.75 Å². The molecule has 0 atom stereocenters. The first-order valence-electron chi connectivity index (χ1n) is 9.25. The van der Waals surface area contributed by atoms with Gasteiger partial charge in [0.25, 0.3) is 11.1 Å². The van der Waals surface area contributed by atoms with Crippen LogP contribution in [0.25, 0.3) is 0 Å². The third-order valence-corrected chi connectivity index (χ3v) is 5.32. The molecule has 8 heteroatoms. The van der Waals surface area contributed by atoms with Crippen molar-refractivity contribution in [2.45, 2.75) is 44.1 Å². The number of carbonyl (C=O) groups excluding carboxylic acids is 1. The molecule has 0 unspecified atom stereocenters. The lowest BCUT2D eigenvalue weighted by Crippen LogP contribution is -2.24. The topological polar surface area (TPSA) is 90.4 Å². The Bertz CT molecular complexity index is 923. The van der Waals surface area contributed by atoms with E-state index in [-0.39, 0.29) is 18.3 Å². The van der Waals surface area contributed by atoms with Crippen molar-refractivity contribution in [2.24, 2.45) is 0 Å². The minimum Gasteiger partial charge on any atom is -0.484 e. The lowest BCUT2D eigenvalue weighted by molar-refractivity contribution is -0.118. The van der Waals surface area contributed by atoms with Crippen molar-refractivity contribution >= 4 is 17.7 Å². The number of furan rings is 1. The van der Waals surface area contributed by atoms with Gasteiger partial charge in [-0.1, -0.05) is 17.8 Å². The molecule has 3 aromatic rings. The number of benzene rings is 1. The van der Waals surface area contributed by atoms with Gasteiger partial charge >= 0.3 is 0 Å². The number of aryl methyl sites for hydroxylation is 2. The predicted molar refractivity (Wildman–Crippen MR) is 103 cm³/mol. The van der Waals surface area contributed by atoms with E-state index in [0.29, 0.717) is 23.4 Å². The van der Waals surface area contributed by atoms with Gasteiger partial charge in [0.05, 0.1) is 18.6 Å². The fourth-order valence-electron chi connectivity index (χ4n) is 3.08. The molecule has 146 valence electrons. The van der Waals surface area contributed by atoms with Gasteiger partial charge in [0.2, 0.25) is 5.91 Å². The van der Waals surface area contributed by atoms with E-state index in [9.17, 15) is 4.79 Å². The zero-order valence-electron chi connectivity index (χ0n) is 15.3. The van der Waals surface area contributed by atoms with Gasteiger partial charge in [-0.2, -0.15) is 0 Å². The highest BCUT2D eigenvalue weighted by molar-refractivity contribution is 7.99. The molecule has 0 saturated heterocycles. The van der Waals surface area contributed by atoms with E-state index < -0.39 is 0 Å². The second kappa shape index (κ2) is 8.97. The maximum atomic E-state index is 11.9. The number of amides is 1. The molecule has 0 fully saturated rings. The Hall–Kier alpha value is -2.74. The zero-order chi connectivity index (χ0) is 19.2. The number of hydrogen-bond donors (Lipinski definition) is 1. The summed E-state index contributed by atoms with van der Waals surface area (Å²) in [5.41, 5.74) is 2.78. The van der Waals surface area contributed by atoms with Crippen LogP contribution >= 0.6 is 11.8 Å². The van der Waals surface area contributed by atoms with Gasteiger partial charge in [-0.15, -0.1) is 10.2 Å². The molecular formula is C20H21N3O4S. The van der Waals surface area contributed by atoms with Gasteiger partial charge in [-0.3, -0.25) is 4.79 Å². The highest BCUT2D eigenvalue weighted by Gasteiger charge is 2.12. The van der Waals surface area contributed by atoms with E-state index >= 15 is 0 Å². The molecule has 0 aliphatic heterocycles. The second-order valence-corrected chi connectivity index (χ2v) is 7.46. The van der Waals surface area contributed by atoms with Crippen LogP contribution in [0.1, 0.15) is 35.6 Å². The molecule has 7 nitrogen and oxygen atoms in total. The third-order valence-electron chi connectivity index (χ3n) is 4.50. The second-order valence-electron chi connectivity index (χ2n) is 6.53. The van der Waals surface area contributed by atoms with E-state index in [2.05, 4.69) is 27.6 Å². The maximum Gasteiger partial charge on any atom is 0.277 e. The summed E-state index contributed by atoms with van der Waals surface area (Å²) in [4.78, 5) is 11.9. The molecule has 0 radical (unpaired) electrons. The van der Waals surface area contributed by atoms with Crippen molar-refractivity contribution in [1.29, 1.82) is 0 Å². The van der Waals surface area contributed by atoms with Crippen LogP contribution in [0.4, 0.5) is 0 Å². The first-order chi connectivity index (χ1) is 13.8. The summed E-state index contributed by atoms with van der Waals surface area (Å²) in [5.74, 6) is 1.96.